The molecule has 0 saturated heterocycles. The third-order valence-electron chi connectivity index (χ3n) is 4.42. The molecule has 3 rings (SSSR count). The Kier molecular flexibility index (Phi) is 4.26. The summed E-state index contributed by atoms with van der Waals surface area (Å²) in [4.78, 5) is 26.6. The zero-order valence-corrected chi connectivity index (χ0v) is 12.7. The van der Waals surface area contributed by atoms with Gasteiger partial charge >= 0.3 is 5.97 Å². The number of nitrogens with one attached hydrogen (secondary N) is 1. The van der Waals surface area contributed by atoms with Crippen molar-refractivity contribution in [2.75, 3.05) is 13.1 Å². The summed E-state index contributed by atoms with van der Waals surface area (Å²) in [6, 6.07) is 1.43. The van der Waals surface area contributed by atoms with E-state index in [2.05, 4.69) is 5.32 Å². The minimum Gasteiger partial charge on any atom is -0.479 e. The highest BCUT2D eigenvalue weighted by atomic mass is 32.1. The average molecular weight is 308 g/mol. The number of rotatable bonds is 4. The fraction of sp³-hybridized carbons (Fsp3) is 0.600. The van der Waals surface area contributed by atoms with Crippen LogP contribution in [0.3, 0.4) is 0 Å². The van der Waals surface area contributed by atoms with Crippen LogP contribution in [0.2, 0.25) is 0 Å². The molecule has 21 heavy (non-hydrogen) atoms. The largest absolute Gasteiger partial charge is 0.479 e. The predicted molar refractivity (Wildman–Crippen MR) is 80.4 cm³/mol. The van der Waals surface area contributed by atoms with Crippen molar-refractivity contribution in [3.63, 3.8) is 0 Å². The third kappa shape index (κ3) is 2.96. The van der Waals surface area contributed by atoms with Gasteiger partial charge in [0.15, 0.2) is 6.04 Å². The molecule has 1 fully saturated rings. The summed E-state index contributed by atoms with van der Waals surface area (Å²) in [6.07, 6.45) is 5.41. The molecule has 1 saturated carbocycles. The summed E-state index contributed by atoms with van der Waals surface area (Å²) in [7, 11) is 0. The normalized spacial score (nSPS) is 22.3. The van der Waals surface area contributed by atoms with Crippen molar-refractivity contribution in [2.45, 2.75) is 44.2 Å². The smallest absolute Gasteiger partial charge is 0.331 e. The van der Waals surface area contributed by atoms with Gasteiger partial charge in [0.1, 0.15) is 0 Å². The maximum absolute atomic E-state index is 12.4. The maximum Gasteiger partial charge on any atom is 0.331 e. The molecule has 0 bridgehead atoms. The molecule has 2 N–H and O–H groups in total. The molecule has 2 heterocycles. The molecule has 0 radical (unpaired) electrons. The average Bonchev–Trinajstić information content (AvgIpc) is 3.14. The zero-order valence-electron chi connectivity index (χ0n) is 11.9. The topological polar surface area (TPSA) is 69.6 Å². The van der Waals surface area contributed by atoms with Gasteiger partial charge in [0, 0.05) is 17.5 Å². The van der Waals surface area contributed by atoms with Crippen molar-refractivity contribution in [1.82, 2.24) is 10.2 Å². The summed E-state index contributed by atoms with van der Waals surface area (Å²) in [6.45, 7) is 0.740. The number of carboxylic acid groups (broad SMARTS) is 1. The number of amides is 1. The number of carboxylic acids is 1. The number of aliphatic carboxylic acids is 1. The molecule has 1 unspecified atom stereocenters. The molecular formula is C15H20N2O3S. The van der Waals surface area contributed by atoms with Crippen molar-refractivity contribution < 1.29 is 14.7 Å². The highest BCUT2D eigenvalue weighted by Crippen LogP contribution is 2.33. The number of hydrogen-bond donors (Lipinski definition) is 2. The molecule has 1 aromatic heterocycles. The summed E-state index contributed by atoms with van der Waals surface area (Å²) < 4.78 is 0. The summed E-state index contributed by atoms with van der Waals surface area (Å²) in [5.74, 6) is -1.05. The van der Waals surface area contributed by atoms with Gasteiger partial charge < -0.3 is 15.3 Å². The molecule has 1 amide bonds. The van der Waals surface area contributed by atoms with Crippen LogP contribution in [0, 0.1) is 0 Å². The molecule has 5 nitrogen and oxygen atoms in total. The van der Waals surface area contributed by atoms with Gasteiger partial charge in [-0.3, -0.25) is 4.79 Å². The zero-order chi connectivity index (χ0) is 14.8. The van der Waals surface area contributed by atoms with E-state index in [4.69, 9.17) is 0 Å². The Bertz CT molecular complexity index is 537. The lowest BCUT2D eigenvalue weighted by Gasteiger charge is -2.33. The van der Waals surface area contributed by atoms with Gasteiger partial charge in [-0.15, -0.1) is 11.3 Å². The second kappa shape index (κ2) is 6.15. The van der Waals surface area contributed by atoms with E-state index in [-0.39, 0.29) is 12.5 Å². The number of hydrogen-bond acceptors (Lipinski definition) is 4. The Hall–Kier alpha value is -1.40. The minimum absolute atomic E-state index is 0.105. The van der Waals surface area contributed by atoms with Gasteiger partial charge in [-0.05, 0) is 36.3 Å². The molecule has 1 aliphatic heterocycles. The van der Waals surface area contributed by atoms with Gasteiger partial charge in [-0.2, -0.15) is 0 Å². The number of thiophene rings is 1. The lowest BCUT2D eigenvalue weighted by molar-refractivity contribution is -0.150. The maximum atomic E-state index is 12.4. The summed E-state index contributed by atoms with van der Waals surface area (Å²) >= 11 is 1.58. The van der Waals surface area contributed by atoms with E-state index in [1.165, 1.54) is 17.7 Å². The van der Waals surface area contributed by atoms with E-state index in [0.29, 0.717) is 12.6 Å². The van der Waals surface area contributed by atoms with E-state index < -0.39 is 12.0 Å². The van der Waals surface area contributed by atoms with Crippen LogP contribution in [0.1, 0.15) is 42.2 Å². The van der Waals surface area contributed by atoms with Crippen LogP contribution in [-0.4, -0.2) is 41.0 Å². The Balaban J connectivity index is 1.68. The van der Waals surface area contributed by atoms with E-state index in [1.807, 2.05) is 11.4 Å². The first-order valence-electron chi connectivity index (χ1n) is 7.48. The number of carbonyl (C=O) groups excluding carboxylic acids is 1. The predicted octanol–water partition coefficient (Wildman–Crippen LogP) is 1.79. The molecule has 2 aliphatic rings. The van der Waals surface area contributed by atoms with Crippen LogP contribution in [-0.2, 0) is 16.0 Å². The Labute approximate surface area is 128 Å². The number of carbonyl (C=O) groups is 2. The highest BCUT2D eigenvalue weighted by Gasteiger charge is 2.36. The molecule has 6 heteroatoms. The van der Waals surface area contributed by atoms with Crippen LogP contribution < -0.4 is 5.32 Å². The Morgan fingerprint density at radius 3 is 2.86 bits per heavy atom. The first kappa shape index (κ1) is 14.5. The SMILES string of the molecule is O=C(O)C1c2ccsc2CCN1C(=O)CNC1CCCC1. The second-order valence-corrected chi connectivity index (χ2v) is 6.74. The van der Waals surface area contributed by atoms with Gasteiger partial charge in [0.2, 0.25) is 5.91 Å². The van der Waals surface area contributed by atoms with Gasteiger partial charge in [-0.25, -0.2) is 4.79 Å². The van der Waals surface area contributed by atoms with Crippen molar-refractivity contribution >= 4 is 23.2 Å². The lowest BCUT2D eigenvalue weighted by atomic mass is 10.00. The van der Waals surface area contributed by atoms with Crippen LogP contribution in [0.25, 0.3) is 0 Å². The van der Waals surface area contributed by atoms with Gasteiger partial charge in [0.25, 0.3) is 0 Å². The fourth-order valence-corrected chi connectivity index (χ4v) is 4.22. The lowest BCUT2D eigenvalue weighted by Crippen LogP contribution is -2.47. The van der Waals surface area contributed by atoms with E-state index in [1.54, 1.807) is 11.3 Å². The first-order chi connectivity index (χ1) is 10.2. The monoisotopic (exact) mass is 308 g/mol. The molecule has 114 valence electrons. The quantitative estimate of drug-likeness (QED) is 0.890. The van der Waals surface area contributed by atoms with Crippen molar-refractivity contribution in [2.24, 2.45) is 0 Å². The number of nitrogens with zero attached hydrogens (tertiary/aromatic N) is 1. The Morgan fingerprint density at radius 2 is 2.14 bits per heavy atom. The van der Waals surface area contributed by atoms with Crippen LogP contribution in [0.5, 0.6) is 0 Å². The molecule has 0 aromatic carbocycles. The van der Waals surface area contributed by atoms with Gasteiger partial charge in [0.05, 0.1) is 6.54 Å². The van der Waals surface area contributed by atoms with Crippen LogP contribution in [0.15, 0.2) is 11.4 Å². The fourth-order valence-electron chi connectivity index (χ4n) is 3.31. The first-order valence-corrected chi connectivity index (χ1v) is 8.36. The van der Waals surface area contributed by atoms with Crippen molar-refractivity contribution in [3.8, 4) is 0 Å². The van der Waals surface area contributed by atoms with Crippen LogP contribution >= 0.6 is 11.3 Å². The third-order valence-corrected chi connectivity index (χ3v) is 5.41. The molecule has 1 atom stereocenters. The highest BCUT2D eigenvalue weighted by molar-refractivity contribution is 7.10. The summed E-state index contributed by atoms with van der Waals surface area (Å²) in [5.41, 5.74) is 0.785. The van der Waals surface area contributed by atoms with E-state index in [0.717, 1.165) is 29.7 Å². The minimum atomic E-state index is -0.941. The standard InChI is InChI=1S/C15H20N2O3S/c18-13(9-16-10-3-1-2-4-10)17-7-5-12-11(6-8-21-12)14(17)15(19)20/h6,8,10,14,16H,1-5,7,9H2,(H,19,20). The number of fused-ring (bicyclic) bond motifs is 1. The van der Waals surface area contributed by atoms with Crippen LogP contribution in [0.4, 0.5) is 0 Å². The van der Waals surface area contributed by atoms with E-state index >= 15 is 0 Å². The molecule has 0 spiro atoms. The molecule has 1 aromatic rings. The summed E-state index contributed by atoms with van der Waals surface area (Å²) in [5, 5.41) is 14.7. The molecule has 1 aliphatic carbocycles. The van der Waals surface area contributed by atoms with Crippen molar-refractivity contribution in [3.05, 3.63) is 21.9 Å². The molecular weight excluding hydrogens is 288 g/mol. The second-order valence-electron chi connectivity index (χ2n) is 5.74. The Morgan fingerprint density at radius 1 is 1.38 bits per heavy atom. The van der Waals surface area contributed by atoms with E-state index in [9.17, 15) is 14.7 Å². The van der Waals surface area contributed by atoms with Gasteiger partial charge in [-0.1, -0.05) is 12.8 Å². The van der Waals surface area contributed by atoms with Crippen molar-refractivity contribution in [1.29, 1.82) is 0 Å².